The van der Waals surface area contributed by atoms with Crippen molar-refractivity contribution in [2.24, 2.45) is 0 Å². The Morgan fingerprint density at radius 1 is 1.19 bits per heavy atom. The van der Waals surface area contributed by atoms with Crippen LogP contribution in [-0.2, 0) is 4.79 Å². The van der Waals surface area contributed by atoms with E-state index in [0.717, 1.165) is 0 Å². The predicted octanol–water partition coefficient (Wildman–Crippen LogP) is 3.81. The molecule has 0 aliphatic rings. The molecule has 0 unspecified atom stereocenters. The van der Waals surface area contributed by atoms with Crippen LogP contribution < -0.4 is 10.1 Å². The van der Waals surface area contributed by atoms with Crippen molar-refractivity contribution in [3.63, 3.8) is 0 Å². The summed E-state index contributed by atoms with van der Waals surface area (Å²) in [5, 5.41) is 6.11. The van der Waals surface area contributed by atoms with Crippen molar-refractivity contribution in [1.29, 1.82) is 0 Å². The number of para-hydroxylation sites is 1. The van der Waals surface area contributed by atoms with E-state index >= 15 is 0 Å². The van der Waals surface area contributed by atoms with Gasteiger partial charge in [0.05, 0.1) is 0 Å². The van der Waals surface area contributed by atoms with Gasteiger partial charge >= 0.3 is 0 Å². The SMILES string of the molecule is CC[C@@H](Oc1ccccc1F)C(=O)Nc1noc(-c2ccc(F)cc2)n1. The predicted molar refractivity (Wildman–Crippen MR) is 89.4 cm³/mol. The van der Waals surface area contributed by atoms with E-state index in [-0.39, 0.29) is 17.6 Å². The number of amides is 1. The van der Waals surface area contributed by atoms with Crippen LogP contribution in [0.5, 0.6) is 5.75 Å². The Labute approximate surface area is 147 Å². The highest BCUT2D eigenvalue weighted by atomic mass is 19.1. The van der Waals surface area contributed by atoms with Gasteiger partial charge < -0.3 is 9.26 Å². The van der Waals surface area contributed by atoms with E-state index < -0.39 is 23.6 Å². The molecule has 0 saturated heterocycles. The van der Waals surface area contributed by atoms with Crippen LogP contribution in [0.15, 0.2) is 53.1 Å². The van der Waals surface area contributed by atoms with Crippen LogP contribution in [0.4, 0.5) is 14.7 Å². The van der Waals surface area contributed by atoms with Gasteiger partial charge in [0.2, 0.25) is 0 Å². The fourth-order valence-electron chi connectivity index (χ4n) is 2.19. The first kappa shape index (κ1) is 17.5. The molecule has 0 radical (unpaired) electrons. The average molecular weight is 359 g/mol. The smallest absolute Gasteiger partial charge is 0.270 e. The van der Waals surface area contributed by atoms with E-state index in [1.165, 1.54) is 42.5 Å². The summed E-state index contributed by atoms with van der Waals surface area (Å²) < 4.78 is 37.1. The number of aromatic nitrogens is 2. The molecule has 1 heterocycles. The van der Waals surface area contributed by atoms with E-state index in [2.05, 4.69) is 15.5 Å². The van der Waals surface area contributed by atoms with Crippen molar-refractivity contribution in [1.82, 2.24) is 10.1 Å². The van der Waals surface area contributed by atoms with Gasteiger partial charge in [-0.25, -0.2) is 8.78 Å². The summed E-state index contributed by atoms with van der Waals surface area (Å²) in [6, 6.07) is 11.3. The lowest BCUT2D eigenvalue weighted by atomic mass is 10.2. The molecule has 134 valence electrons. The maximum Gasteiger partial charge on any atom is 0.270 e. The molecule has 1 atom stereocenters. The maximum absolute atomic E-state index is 13.7. The molecule has 3 rings (SSSR count). The van der Waals surface area contributed by atoms with E-state index in [4.69, 9.17) is 9.26 Å². The Bertz CT molecular complexity index is 897. The van der Waals surface area contributed by atoms with Crippen LogP contribution in [0, 0.1) is 11.6 Å². The Hall–Kier alpha value is -3.29. The number of benzene rings is 2. The van der Waals surface area contributed by atoms with E-state index in [9.17, 15) is 13.6 Å². The molecule has 0 aliphatic carbocycles. The number of nitrogens with zero attached hydrogens (tertiary/aromatic N) is 2. The first-order valence-electron chi connectivity index (χ1n) is 7.88. The number of halogens is 2. The van der Waals surface area contributed by atoms with Gasteiger partial charge in [0.25, 0.3) is 17.7 Å². The Kier molecular flexibility index (Phi) is 5.21. The first-order valence-corrected chi connectivity index (χ1v) is 7.88. The standard InChI is InChI=1S/C18H15F2N3O3/c1-2-14(25-15-6-4-3-5-13(15)20)16(24)21-18-22-17(26-23-18)11-7-9-12(19)10-8-11/h3-10,14H,2H2,1H3,(H,21,23,24)/t14-/m1/s1. The topological polar surface area (TPSA) is 77.2 Å². The molecule has 8 heteroatoms. The zero-order chi connectivity index (χ0) is 18.5. The molecule has 0 saturated carbocycles. The van der Waals surface area contributed by atoms with Crippen LogP contribution in [0.25, 0.3) is 11.5 Å². The maximum atomic E-state index is 13.7. The number of carbonyl (C=O) groups is 1. The minimum absolute atomic E-state index is 0.0189. The van der Waals surface area contributed by atoms with E-state index in [0.29, 0.717) is 12.0 Å². The van der Waals surface area contributed by atoms with Gasteiger partial charge in [-0.05, 0) is 48.0 Å². The highest BCUT2D eigenvalue weighted by molar-refractivity contribution is 5.92. The summed E-state index contributed by atoms with van der Waals surface area (Å²) in [5.74, 6) is -1.44. The largest absolute Gasteiger partial charge is 0.478 e. The molecular weight excluding hydrogens is 344 g/mol. The number of rotatable bonds is 6. The highest BCUT2D eigenvalue weighted by Crippen LogP contribution is 2.20. The second-order valence-corrected chi connectivity index (χ2v) is 5.36. The molecule has 1 N–H and O–H groups in total. The molecule has 0 spiro atoms. The normalized spacial score (nSPS) is 11.8. The minimum Gasteiger partial charge on any atom is -0.478 e. The number of anilines is 1. The van der Waals surface area contributed by atoms with E-state index in [1.54, 1.807) is 13.0 Å². The zero-order valence-corrected chi connectivity index (χ0v) is 13.8. The van der Waals surface area contributed by atoms with Gasteiger partial charge in [-0.3, -0.25) is 10.1 Å². The highest BCUT2D eigenvalue weighted by Gasteiger charge is 2.22. The van der Waals surface area contributed by atoms with Gasteiger partial charge in [0, 0.05) is 5.56 Å². The van der Waals surface area contributed by atoms with E-state index in [1.807, 2.05) is 0 Å². The monoisotopic (exact) mass is 359 g/mol. The number of hydrogen-bond acceptors (Lipinski definition) is 5. The van der Waals surface area contributed by atoms with Crippen molar-refractivity contribution in [3.05, 3.63) is 60.2 Å². The lowest BCUT2D eigenvalue weighted by Crippen LogP contribution is -2.33. The number of ether oxygens (including phenoxy) is 1. The Morgan fingerprint density at radius 3 is 2.62 bits per heavy atom. The summed E-state index contributed by atoms with van der Waals surface area (Å²) in [4.78, 5) is 16.3. The number of nitrogens with one attached hydrogen (secondary N) is 1. The molecule has 0 bridgehead atoms. The molecule has 2 aromatic carbocycles. The van der Waals surface area contributed by atoms with Gasteiger partial charge in [-0.1, -0.05) is 19.1 Å². The van der Waals surface area contributed by atoms with Crippen molar-refractivity contribution in [2.75, 3.05) is 5.32 Å². The molecular formula is C18H15F2N3O3. The van der Waals surface area contributed by atoms with Crippen molar-refractivity contribution in [2.45, 2.75) is 19.4 Å². The lowest BCUT2D eigenvalue weighted by Gasteiger charge is -2.16. The summed E-state index contributed by atoms with van der Waals surface area (Å²) >= 11 is 0. The van der Waals surface area contributed by atoms with Crippen molar-refractivity contribution >= 4 is 11.9 Å². The quantitative estimate of drug-likeness (QED) is 0.724. The van der Waals surface area contributed by atoms with Crippen LogP contribution in [0.2, 0.25) is 0 Å². The third kappa shape index (κ3) is 4.02. The lowest BCUT2D eigenvalue weighted by molar-refractivity contribution is -0.123. The van der Waals surface area contributed by atoms with Gasteiger partial charge in [0.1, 0.15) is 5.82 Å². The van der Waals surface area contributed by atoms with Crippen LogP contribution in [-0.4, -0.2) is 22.2 Å². The summed E-state index contributed by atoms with van der Waals surface area (Å²) in [6.45, 7) is 1.73. The number of hydrogen-bond donors (Lipinski definition) is 1. The number of carbonyl (C=O) groups excluding carboxylic acids is 1. The van der Waals surface area contributed by atoms with Crippen LogP contribution in [0.3, 0.4) is 0 Å². The van der Waals surface area contributed by atoms with Gasteiger partial charge in [-0.2, -0.15) is 4.98 Å². The average Bonchev–Trinajstić information content (AvgIpc) is 3.10. The second kappa shape index (κ2) is 7.73. The molecule has 26 heavy (non-hydrogen) atoms. The summed E-state index contributed by atoms with van der Waals surface area (Å²) in [5.41, 5.74) is 0.508. The van der Waals surface area contributed by atoms with Gasteiger partial charge in [-0.15, -0.1) is 0 Å². The van der Waals surface area contributed by atoms with Crippen molar-refractivity contribution in [3.8, 4) is 17.2 Å². The fourth-order valence-corrected chi connectivity index (χ4v) is 2.19. The Balaban J connectivity index is 1.68. The van der Waals surface area contributed by atoms with Gasteiger partial charge in [0.15, 0.2) is 17.7 Å². The second-order valence-electron chi connectivity index (χ2n) is 5.36. The first-order chi connectivity index (χ1) is 12.6. The third-order valence-electron chi connectivity index (χ3n) is 3.52. The molecule has 3 aromatic rings. The summed E-state index contributed by atoms with van der Waals surface area (Å²) in [7, 11) is 0. The minimum atomic E-state index is -0.931. The van der Waals surface area contributed by atoms with Crippen molar-refractivity contribution < 1.29 is 22.8 Å². The Morgan fingerprint density at radius 2 is 1.92 bits per heavy atom. The molecule has 1 aromatic heterocycles. The molecule has 0 aliphatic heterocycles. The molecule has 6 nitrogen and oxygen atoms in total. The van der Waals surface area contributed by atoms with Crippen LogP contribution in [0.1, 0.15) is 13.3 Å². The molecule has 1 amide bonds. The van der Waals surface area contributed by atoms with Crippen LogP contribution >= 0.6 is 0 Å². The zero-order valence-electron chi connectivity index (χ0n) is 13.8. The fraction of sp³-hybridized carbons (Fsp3) is 0.167. The third-order valence-corrected chi connectivity index (χ3v) is 3.52. The molecule has 0 fully saturated rings. The summed E-state index contributed by atoms with van der Waals surface area (Å²) in [6.07, 6.45) is -0.622.